The summed E-state index contributed by atoms with van der Waals surface area (Å²) in [4.78, 5) is 4.54. The molecule has 0 amide bonds. The van der Waals surface area contributed by atoms with Gasteiger partial charge in [0.25, 0.3) is 0 Å². The number of hydrogen-bond donors (Lipinski definition) is 0. The van der Waals surface area contributed by atoms with Gasteiger partial charge in [-0.2, -0.15) is 0 Å². The smallest absolute Gasteiger partial charge is 0.377 e. The summed E-state index contributed by atoms with van der Waals surface area (Å²) in [6.07, 6.45) is 23.3. The molecule has 0 saturated heterocycles. The van der Waals surface area contributed by atoms with Crippen LogP contribution in [0.3, 0.4) is 0 Å². The van der Waals surface area contributed by atoms with Gasteiger partial charge >= 0.3 is 8.80 Å². The number of rotatable bonds is 20. The molecule has 1 unspecified atom stereocenters. The van der Waals surface area contributed by atoms with Crippen LogP contribution in [-0.4, -0.2) is 39.7 Å². The highest BCUT2D eigenvalue weighted by molar-refractivity contribution is 6.59. The lowest BCUT2D eigenvalue weighted by Gasteiger charge is -2.25. The third kappa shape index (κ3) is 10.6. The van der Waals surface area contributed by atoms with Crippen molar-refractivity contribution in [1.29, 1.82) is 0 Å². The molecule has 0 spiro atoms. The molecule has 176 valence electrons. The van der Waals surface area contributed by atoms with Gasteiger partial charge < -0.3 is 17.8 Å². The minimum Gasteiger partial charge on any atom is -0.377 e. The third-order valence-electron chi connectivity index (χ3n) is 6.26. The maximum absolute atomic E-state index is 5.57. The Labute approximate surface area is 187 Å². The van der Waals surface area contributed by atoms with Gasteiger partial charge in [-0.05, 0) is 13.3 Å². The van der Waals surface area contributed by atoms with Crippen LogP contribution in [0.4, 0.5) is 0 Å². The van der Waals surface area contributed by atoms with Crippen molar-refractivity contribution in [2.24, 2.45) is 0 Å². The second kappa shape index (κ2) is 16.9. The number of aromatic nitrogens is 2. The molecule has 1 heterocycles. The van der Waals surface area contributed by atoms with Crippen LogP contribution in [0.2, 0.25) is 0 Å². The minimum absolute atomic E-state index is 0.437. The van der Waals surface area contributed by atoms with Crippen molar-refractivity contribution >= 4 is 8.80 Å². The molecule has 0 aromatic carbocycles. The molecule has 0 aliphatic heterocycles. The lowest BCUT2D eigenvalue weighted by molar-refractivity contribution is 0.121. The van der Waals surface area contributed by atoms with Crippen LogP contribution in [0.5, 0.6) is 0 Å². The average molecular weight is 441 g/mol. The summed E-state index contributed by atoms with van der Waals surface area (Å²) in [6, 6.07) is 1.04. The van der Waals surface area contributed by atoms with E-state index in [0.717, 1.165) is 5.82 Å². The van der Waals surface area contributed by atoms with E-state index in [2.05, 4.69) is 29.6 Å². The number of nitrogens with zero attached hydrogens (tertiary/aromatic N) is 2. The zero-order chi connectivity index (χ0) is 22.1. The summed E-state index contributed by atoms with van der Waals surface area (Å²) in [5.74, 6) is 0.995. The molecule has 5 nitrogen and oxygen atoms in total. The predicted molar refractivity (Wildman–Crippen MR) is 128 cm³/mol. The average Bonchev–Trinajstić information content (AvgIpc) is 3.23. The molecule has 1 atom stereocenters. The van der Waals surface area contributed by atoms with Gasteiger partial charge in [0, 0.05) is 39.8 Å². The Hall–Kier alpha value is -0.693. The molecule has 0 saturated carbocycles. The van der Waals surface area contributed by atoms with Crippen LogP contribution in [0.25, 0.3) is 0 Å². The largest absolute Gasteiger partial charge is 0.507 e. The van der Waals surface area contributed by atoms with Gasteiger partial charge in [0.05, 0.1) is 6.04 Å². The standard InChI is InChI=1S/C24H48N2O3Si/c1-6-7-8-9-10-11-12-13-14-15-16-17-18-19-23(2)26-21-20-25-24(26)22-30(27-3,28-4)29-5/h20-21,23H,6-19,22H2,1-5H3. The van der Waals surface area contributed by atoms with E-state index in [1.807, 2.05) is 6.20 Å². The van der Waals surface area contributed by atoms with E-state index in [-0.39, 0.29) is 0 Å². The Balaban J connectivity index is 2.14. The maximum Gasteiger partial charge on any atom is 0.507 e. The summed E-state index contributed by atoms with van der Waals surface area (Å²) >= 11 is 0. The molecule has 6 heteroatoms. The molecule has 0 aliphatic rings. The van der Waals surface area contributed by atoms with Gasteiger partial charge in [-0.3, -0.25) is 0 Å². The summed E-state index contributed by atoms with van der Waals surface area (Å²) in [5, 5.41) is 0. The number of unbranched alkanes of at least 4 members (excludes halogenated alkanes) is 12. The normalized spacial score (nSPS) is 13.1. The molecule has 0 radical (unpaired) electrons. The van der Waals surface area contributed by atoms with E-state index in [9.17, 15) is 0 Å². The number of hydrogen-bond acceptors (Lipinski definition) is 4. The van der Waals surface area contributed by atoms with Gasteiger partial charge in [0.1, 0.15) is 5.82 Å². The van der Waals surface area contributed by atoms with Crippen LogP contribution in [0.15, 0.2) is 12.4 Å². The van der Waals surface area contributed by atoms with Gasteiger partial charge in [0.15, 0.2) is 0 Å². The molecule has 1 aromatic heterocycles. The monoisotopic (exact) mass is 440 g/mol. The molecule has 0 N–H and O–H groups in total. The Morgan fingerprint density at radius 3 is 1.73 bits per heavy atom. The zero-order valence-corrected chi connectivity index (χ0v) is 21.5. The second-order valence-corrected chi connectivity index (χ2v) is 11.5. The quantitative estimate of drug-likeness (QED) is 0.164. The van der Waals surface area contributed by atoms with E-state index in [0.29, 0.717) is 12.1 Å². The topological polar surface area (TPSA) is 45.5 Å². The fraction of sp³-hybridized carbons (Fsp3) is 0.875. The molecular formula is C24H48N2O3Si. The van der Waals surface area contributed by atoms with E-state index >= 15 is 0 Å². The predicted octanol–water partition coefficient (Wildman–Crippen LogP) is 6.89. The summed E-state index contributed by atoms with van der Waals surface area (Å²) in [7, 11) is 2.31. The van der Waals surface area contributed by atoms with Crippen LogP contribution in [0, 0.1) is 0 Å². The maximum atomic E-state index is 5.57. The Morgan fingerprint density at radius 2 is 1.27 bits per heavy atom. The van der Waals surface area contributed by atoms with E-state index < -0.39 is 8.80 Å². The second-order valence-electron chi connectivity index (χ2n) is 8.60. The van der Waals surface area contributed by atoms with Crippen molar-refractivity contribution in [3.8, 4) is 0 Å². The third-order valence-corrected chi connectivity index (χ3v) is 8.87. The highest BCUT2D eigenvalue weighted by atomic mass is 28.4. The molecule has 1 rings (SSSR count). The van der Waals surface area contributed by atoms with Crippen LogP contribution < -0.4 is 0 Å². The van der Waals surface area contributed by atoms with E-state index in [1.165, 1.54) is 89.9 Å². The van der Waals surface area contributed by atoms with E-state index in [1.54, 1.807) is 21.3 Å². The lowest BCUT2D eigenvalue weighted by Crippen LogP contribution is -2.46. The number of imidazole rings is 1. The van der Waals surface area contributed by atoms with Crippen molar-refractivity contribution < 1.29 is 13.3 Å². The fourth-order valence-corrected chi connectivity index (χ4v) is 5.73. The fourth-order valence-electron chi connectivity index (χ4n) is 4.14. The molecule has 0 aliphatic carbocycles. The zero-order valence-electron chi connectivity index (χ0n) is 20.5. The highest BCUT2D eigenvalue weighted by Crippen LogP contribution is 2.21. The summed E-state index contributed by atoms with van der Waals surface area (Å²) in [5.41, 5.74) is 0. The van der Waals surface area contributed by atoms with Gasteiger partial charge in [-0.1, -0.05) is 90.4 Å². The first-order valence-corrected chi connectivity index (χ1v) is 14.2. The summed E-state index contributed by atoms with van der Waals surface area (Å²) in [6.45, 7) is 4.56. The van der Waals surface area contributed by atoms with Gasteiger partial charge in [-0.25, -0.2) is 4.98 Å². The van der Waals surface area contributed by atoms with Crippen LogP contribution in [-0.2, 0) is 19.3 Å². The first-order chi connectivity index (χ1) is 14.6. The van der Waals surface area contributed by atoms with Crippen LogP contribution in [0.1, 0.15) is 116 Å². The molecule has 30 heavy (non-hydrogen) atoms. The Morgan fingerprint density at radius 1 is 0.800 bits per heavy atom. The molecular weight excluding hydrogens is 392 g/mol. The van der Waals surface area contributed by atoms with Crippen molar-refractivity contribution in [2.45, 2.75) is 116 Å². The SMILES string of the molecule is CCCCCCCCCCCCCCCC(C)n1ccnc1C[Si](OC)(OC)OC. The minimum atomic E-state index is -2.65. The van der Waals surface area contributed by atoms with Crippen molar-refractivity contribution in [1.82, 2.24) is 9.55 Å². The molecule has 1 aromatic rings. The Bertz CT molecular complexity index is 512. The van der Waals surface area contributed by atoms with Crippen molar-refractivity contribution in [3.05, 3.63) is 18.2 Å². The summed E-state index contributed by atoms with van der Waals surface area (Å²) < 4.78 is 19.0. The first-order valence-electron chi connectivity index (χ1n) is 12.3. The Kier molecular flexibility index (Phi) is 15.4. The highest BCUT2D eigenvalue weighted by Gasteiger charge is 2.40. The van der Waals surface area contributed by atoms with Crippen molar-refractivity contribution in [2.75, 3.05) is 21.3 Å². The van der Waals surface area contributed by atoms with Gasteiger partial charge in [-0.15, -0.1) is 0 Å². The van der Waals surface area contributed by atoms with Crippen molar-refractivity contribution in [3.63, 3.8) is 0 Å². The first kappa shape index (κ1) is 27.3. The van der Waals surface area contributed by atoms with Crippen LogP contribution >= 0.6 is 0 Å². The van der Waals surface area contributed by atoms with E-state index in [4.69, 9.17) is 13.3 Å². The lowest BCUT2D eigenvalue weighted by atomic mass is 10.0. The van der Waals surface area contributed by atoms with Gasteiger partial charge in [0.2, 0.25) is 0 Å². The molecule has 0 bridgehead atoms. The molecule has 0 fully saturated rings.